The van der Waals surface area contributed by atoms with Gasteiger partial charge in [0.05, 0.1) is 19.7 Å². The minimum Gasteiger partial charge on any atom is -0.491 e. The molecule has 186 valence electrons. The van der Waals surface area contributed by atoms with E-state index in [2.05, 4.69) is 36.4 Å². The van der Waals surface area contributed by atoms with Crippen LogP contribution in [0.5, 0.6) is 5.75 Å². The van der Waals surface area contributed by atoms with Crippen LogP contribution in [0, 0.1) is 5.41 Å². The van der Waals surface area contributed by atoms with Crippen LogP contribution >= 0.6 is 0 Å². The summed E-state index contributed by atoms with van der Waals surface area (Å²) >= 11 is 0. The van der Waals surface area contributed by atoms with Gasteiger partial charge in [0, 0.05) is 30.4 Å². The zero-order chi connectivity index (χ0) is 25.9. The molecule has 0 fully saturated rings. The number of benzene rings is 1. The number of rotatable bonds is 9. The van der Waals surface area contributed by atoms with Gasteiger partial charge >= 0.3 is 0 Å². The van der Waals surface area contributed by atoms with Crippen LogP contribution in [-0.4, -0.2) is 59.9 Å². The third-order valence-corrected chi connectivity index (χ3v) is 5.71. The summed E-state index contributed by atoms with van der Waals surface area (Å²) < 4.78 is 5.59. The van der Waals surface area contributed by atoms with Gasteiger partial charge in [0.15, 0.2) is 17.2 Å². The van der Waals surface area contributed by atoms with Crippen molar-refractivity contribution >= 4 is 29.0 Å². The topological polar surface area (TPSA) is 124 Å². The number of ketones is 2. The Kier molecular flexibility index (Phi) is 7.57. The molecule has 1 aliphatic rings. The lowest BCUT2D eigenvalue weighted by Crippen LogP contribution is -2.31. The lowest BCUT2D eigenvalue weighted by molar-refractivity contribution is -0.115. The van der Waals surface area contributed by atoms with Crippen LogP contribution in [0.15, 0.2) is 24.3 Å². The number of nitrogens with zero attached hydrogens (tertiary/aromatic N) is 2. The highest BCUT2D eigenvalue weighted by Crippen LogP contribution is 2.30. The van der Waals surface area contributed by atoms with Crippen LogP contribution in [0.1, 0.15) is 72.3 Å². The Balaban J connectivity index is 1.88. The molecular formula is C26H33N5O4. The van der Waals surface area contributed by atoms with E-state index in [9.17, 15) is 14.4 Å². The fourth-order valence-corrected chi connectivity index (χ4v) is 3.79. The Morgan fingerprint density at radius 1 is 1.17 bits per heavy atom. The average molecular weight is 480 g/mol. The van der Waals surface area contributed by atoms with Gasteiger partial charge in [0.2, 0.25) is 0 Å². The summed E-state index contributed by atoms with van der Waals surface area (Å²) in [5, 5.41) is 14.2. The lowest BCUT2D eigenvalue weighted by atomic mass is 9.85. The number of nitrogens with one attached hydrogen (secondary N) is 3. The first-order chi connectivity index (χ1) is 16.4. The first-order valence-corrected chi connectivity index (χ1v) is 11.6. The molecule has 2 heterocycles. The van der Waals surface area contributed by atoms with Crippen molar-refractivity contribution in [1.29, 1.82) is 5.41 Å². The van der Waals surface area contributed by atoms with Crippen molar-refractivity contribution in [3.63, 3.8) is 0 Å². The SMILES string of the molecule is CCOc1cc2c(nc1C(=O)NC)C(=N)N(CC(=O)c1cc(NCC(C)=O)cc(C(C)(C)C)c1)C2. The second-order valence-corrected chi connectivity index (χ2v) is 9.59. The van der Waals surface area contributed by atoms with Crippen molar-refractivity contribution in [1.82, 2.24) is 15.2 Å². The second kappa shape index (κ2) is 10.2. The Morgan fingerprint density at radius 3 is 2.49 bits per heavy atom. The van der Waals surface area contributed by atoms with E-state index in [1.54, 1.807) is 17.0 Å². The highest BCUT2D eigenvalue weighted by molar-refractivity contribution is 6.05. The first kappa shape index (κ1) is 25.9. The molecule has 0 aliphatic carbocycles. The number of fused-ring (bicyclic) bond motifs is 1. The molecule has 9 heteroatoms. The Morgan fingerprint density at radius 2 is 1.89 bits per heavy atom. The standard InChI is InChI=1S/C26H33N5O4/c1-7-35-21-10-17-13-31(24(27)22(17)30-23(21)25(34)28-6)14-20(33)16-8-18(26(3,4)5)11-19(9-16)29-12-15(2)32/h8-11,27,29H,7,12-14H2,1-6H3,(H,28,34). The number of ether oxygens (including phenoxy) is 1. The highest BCUT2D eigenvalue weighted by atomic mass is 16.5. The van der Waals surface area contributed by atoms with Gasteiger partial charge in [-0.05, 0) is 49.1 Å². The van der Waals surface area contributed by atoms with E-state index in [0.29, 0.717) is 35.8 Å². The van der Waals surface area contributed by atoms with Gasteiger partial charge in [0.25, 0.3) is 5.91 Å². The smallest absolute Gasteiger partial charge is 0.273 e. The van der Waals surface area contributed by atoms with Crippen LogP contribution in [0.25, 0.3) is 0 Å². The maximum Gasteiger partial charge on any atom is 0.273 e. The Hall–Kier alpha value is -3.75. The summed E-state index contributed by atoms with van der Waals surface area (Å²) in [5.74, 6) is -0.120. The number of Topliss-reactive ketones (excluding diaryl/α,β-unsaturated/α-hetero) is 2. The number of anilines is 1. The second-order valence-electron chi connectivity index (χ2n) is 9.59. The van der Waals surface area contributed by atoms with Crippen molar-refractivity contribution in [2.45, 2.75) is 46.6 Å². The van der Waals surface area contributed by atoms with Crippen LogP contribution in [0.3, 0.4) is 0 Å². The normalized spacial score (nSPS) is 12.9. The number of hydrogen-bond donors (Lipinski definition) is 3. The lowest BCUT2D eigenvalue weighted by Gasteiger charge is -2.22. The van der Waals surface area contributed by atoms with E-state index >= 15 is 0 Å². The Labute approximate surface area is 205 Å². The summed E-state index contributed by atoms with van der Waals surface area (Å²) in [7, 11) is 1.51. The van der Waals surface area contributed by atoms with Crippen LogP contribution in [-0.2, 0) is 16.8 Å². The number of amides is 1. The summed E-state index contributed by atoms with van der Waals surface area (Å²) in [6.07, 6.45) is 0. The molecule has 2 aromatic rings. The molecule has 0 saturated heterocycles. The molecule has 0 spiro atoms. The van der Waals surface area contributed by atoms with E-state index in [1.165, 1.54) is 14.0 Å². The van der Waals surface area contributed by atoms with Crippen LogP contribution < -0.4 is 15.4 Å². The third-order valence-electron chi connectivity index (χ3n) is 5.71. The number of pyridine rings is 1. The molecule has 0 bridgehead atoms. The fraction of sp³-hybridized carbons (Fsp3) is 0.423. The molecule has 0 saturated carbocycles. The van der Waals surface area contributed by atoms with Gasteiger partial charge in [-0.3, -0.25) is 19.8 Å². The summed E-state index contributed by atoms with van der Waals surface area (Å²) in [5.41, 5.74) is 3.18. The summed E-state index contributed by atoms with van der Waals surface area (Å²) in [4.78, 5) is 43.1. The van der Waals surface area contributed by atoms with Gasteiger partial charge in [-0.15, -0.1) is 0 Å². The van der Waals surface area contributed by atoms with Crippen LogP contribution in [0.4, 0.5) is 5.69 Å². The minimum atomic E-state index is -0.400. The molecule has 3 rings (SSSR count). The van der Waals surface area contributed by atoms with Gasteiger partial charge in [-0.1, -0.05) is 20.8 Å². The predicted octanol–water partition coefficient (Wildman–Crippen LogP) is 3.16. The third kappa shape index (κ3) is 5.85. The number of carbonyl (C=O) groups excluding carboxylic acids is 3. The molecule has 0 atom stereocenters. The molecule has 9 nitrogen and oxygen atoms in total. The predicted molar refractivity (Wildman–Crippen MR) is 135 cm³/mol. The average Bonchev–Trinajstić information content (AvgIpc) is 3.10. The first-order valence-electron chi connectivity index (χ1n) is 11.6. The minimum absolute atomic E-state index is 0.00244. The number of carbonyl (C=O) groups is 3. The van der Waals surface area contributed by atoms with Crippen molar-refractivity contribution in [3.8, 4) is 5.75 Å². The summed E-state index contributed by atoms with van der Waals surface area (Å²) in [6.45, 7) is 10.3. The fourth-order valence-electron chi connectivity index (χ4n) is 3.79. The maximum atomic E-state index is 13.3. The van der Waals surface area contributed by atoms with Gasteiger partial charge < -0.3 is 20.3 Å². The van der Waals surface area contributed by atoms with Gasteiger partial charge in [-0.25, -0.2) is 4.98 Å². The zero-order valence-corrected chi connectivity index (χ0v) is 21.2. The van der Waals surface area contributed by atoms with E-state index in [-0.39, 0.29) is 41.6 Å². The van der Waals surface area contributed by atoms with Gasteiger partial charge in [0.1, 0.15) is 17.3 Å². The quantitative estimate of drug-likeness (QED) is 0.472. The van der Waals surface area contributed by atoms with Crippen molar-refractivity contribution < 1.29 is 19.1 Å². The van der Waals surface area contributed by atoms with E-state index in [0.717, 1.165) is 11.1 Å². The monoisotopic (exact) mass is 479 g/mol. The zero-order valence-electron chi connectivity index (χ0n) is 21.2. The molecule has 3 N–H and O–H groups in total. The molecule has 0 unspecified atom stereocenters. The molecule has 1 amide bonds. The molecule has 0 radical (unpaired) electrons. The van der Waals surface area contributed by atoms with E-state index in [4.69, 9.17) is 10.1 Å². The largest absolute Gasteiger partial charge is 0.491 e. The highest BCUT2D eigenvalue weighted by Gasteiger charge is 2.31. The van der Waals surface area contributed by atoms with E-state index in [1.807, 2.05) is 19.1 Å². The molecular weight excluding hydrogens is 446 g/mol. The Bertz CT molecular complexity index is 1180. The molecule has 1 aliphatic heterocycles. The number of aromatic nitrogens is 1. The molecule has 1 aromatic carbocycles. The summed E-state index contributed by atoms with van der Waals surface area (Å²) in [6, 6.07) is 7.28. The van der Waals surface area contributed by atoms with Gasteiger partial charge in [-0.2, -0.15) is 0 Å². The molecule has 1 aromatic heterocycles. The maximum absolute atomic E-state index is 13.3. The number of hydrogen-bond acceptors (Lipinski definition) is 7. The van der Waals surface area contributed by atoms with Crippen molar-refractivity contribution in [2.75, 3.05) is 32.1 Å². The molecule has 35 heavy (non-hydrogen) atoms. The van der Waals surface area contributed by atoms with Crippen molar-refractivity contribution in [2.24, 2.45) is 0 Å². The van der Waals surface area contributed by atoms with Crippen LogP contribution in [0.2, 0.25) is 0 Å². The van der Waals surface area contributed by atoms with Crippen molar-refractivity contribution in [3.05, 3.63) is 52.3 Å². The van der Waals surface area contributed by atoms with E-state index < -0.39 is 5.91 Å². The number of amidine groups is 1.